The van der Waals surface area contributed by atoms with Gasteiger partial charge >= 0.3 is 0 Å². The van der Waals surface area contributed by atoms with Crippen LogP contribution in [0.5, 0.6) is 0 Å². The molecule has 3 fully saturated rings. The summed E-state index contributed by atoms with van der Waals surface area (Å²) >= 11 is 0. The molecule has 3 saturated heterocycles. The zero-order valence-electron chi connectivity index (χ0n) is 16.9. The summed E-state index contributed by atoms with van der Waals surface area (Å²) in [6.07, 6.45) is 6.26. The molecule has 2 N–H and O–H groups in total. The van der Waals surface area contributed by atoms with Gasteiger partial charge in [0.05, 0.1) is 0 Å². The first-order chi connectivity index (χ1) is 14.2. The molecular weight excluding hydrogens is 360 g/mol. The highest BCUT2D eigenvalue weighted by atomic mass is 16.2. The zero-order chi connectivity index (χ0) is 19.8. The summed E-state index contributed by atoms with van der Waals surface area (Å²) in [6.45, 7) is 2.81. The molecule has 2 bridgehead atoms. The van der Waals surface area contributed by atoms with Gasteiger partial charge in [-0.2, -0.15) is 0 Å². The number of anilines is 1. The Morgan fingerprint density at radius 1 is 1.03 bits per heavy atom. The largest absolute Gasteiger partial charge is 0.384 e. The van der Waals surface area contributed by atoms with Gasteiger partial charge in [0.15, 0.2) is 0 Å². The molecular formula is C24H30N4O. The third-order valence-electron chi connectivity index (χ3n) is 7.11. The maximum absolute atomic E-state index is 13.0. The number of fused-ring (bicyclic) bond motifs is 4. The van der Waals surface area contributed by atoms with E-state index in [-0.39, 0.29) is 5.91 Å². The Hall–Kier alpha value is -2.40. The van der Waals surface area contributed by atoms with Crippen LogP contribution in [0.4, 0.5) is 5.82 Å². The molecule has 0 saturated carbocycles. The number of hydrogen-bond acceptors (Lipinski definition) is 4. The third kappa shape index (κ3) is 3.76. The van der Waals surface area contributed by atoms with E-state index in [1.54, 1.807) is 12.1 Å². The SMILES string of the molecule is Nc1cccc(C(=O)N2C[C@@H]3C[C@H](C2)[C@@H]2CCC[C@H](Cc4ccccc4)N2C3)n1. The Morgan fingerprint density at radius 2 is 1.90 bits per heavy atom. The predicted octanol–water partition coefficient (Wildman–Crippen LogP) is 3.22. The summed E-state index contributed by atoms with van der Waals surface area (Å²) in [5, 5.41) is 0. The van der Waals surface area contributed by atoms with Crippen molar-refractivity contribution in [1.82, 2.24) is 14.8 Å². The van der Waals surface area contributed by atoms with Gasteiger partial charge in [-0.25, -0.2) is 4.98 Å². The van der Waals surface area contributed by atoms with E-state index >= 15 is 0 Å². The van der Waals surface area contributed by atoms with Crippen LogP contribution >= 0.6 is 0 Å². The van der Waals surface area contributed by atoms with Gasteiger partial charge in [0.25, 0.3) is 5.91 Å². The van der Waals surface area contributed by atoms with Crippen LogP contribution in [0.25, 0.3) is 0 Å². The Bertz CT molecular complexity index is 870. The molecule has 5 rings (SSSR count). The van der Waals surface area contributed by atoms with Gasteiger partial charge in [-0.05, 0) is 55.2 Å². The predicted molar refractivity (Wildman–Crippen MR) is 114 cm³/mol. The standard InChI is InChI=1S/C24H30N4O/c25-23-11-5-9-21(26-23)24(29)27-14-18-12-19(16-27)22-10-4-8-20(28(22)15-18)13-17-6-2-1-3-7-17/h1-3,5-7,9,11,18-20,22H,4,8,10,12-16H2,(H2,25,26)/t18-,19+,20+,22-/m0/s1. The molecule has 0 aliphatic carbocycles. The molecule has 4 heterocycles. The first kappa shape index (κ1) is 18.6. The van der Waals surface area contributed by atoms with Crippen LogP contribution in [0, 0.1) is 11.8 Å². The molecule has 152 valence electrons. The van der Waals surface area contributed by atoms with Crippen molar-refractivity contribution >= 4 is 11.7 Å². The lowest BCUT2D eigenvalue weighted by Crippen LogP contribution is -2.62. The van der Waals surface area contributed by atoms with Gasteiger partial charge in [0.2, 0.25) is 0 Å². The number of rotatable bonds is 3. The highest BCUT2D eigenvalue weighted by Gasteiger charge is 2.45. The number of benzene rings is 1. The second kappa shape index (κ2) is 7.79. The van der Waals surface area contributed by atoms with Crippen molar-refractivity contribution in [2.45, 2.75) is 44.2 Å². The third-order valence-corrected chi connectivity index (χ3v) is 7.11. The number of carbonyl (C=O) groups is 1. The van der Waals surface area contributed by atoms with Crippen LogP contribution in [0.15, 0.2) is 48.5 Å². The zero-order valence-corrected chi connectivity index (χ0v) is 16.9. The average molecular weight is 391 g/mol. The monoisotopic (exact) mass is 390 g/mol. The average Bonchev–Trinajstić information content (AvgIpc) is 2.74. The number of amides is 1. The molecule has 2 aromatic rings. The quantitative estimate of drug-likeness (QED) is 0.874. The van der Waals surface area contributed by atoms with Crippen molar-refractivity contribution < 1.29 is 4.79 Å². The van der Waals surface area contributed by atoms with E-state index < -0.39 is 0 Å². The van der Waals surface area contributed by atoms with E-state index in [2.05, 4.69) is 40.2 Å². The number of likely N-dealkylation sites (tertiary alicyclic amines) is 1. The second-order valence-corrected chi connectivity index (χ2v) is 9.06. The maximum atomic E-state index is 13.0. The van der Waals surface area contributed by atoms with E-state index in [0.717, 1.165) is 26.1 Å². The lowest BCUT2D eigenvalue weighted by Gasteiger charge is -2.55. The molecule has 1 amide bonds. The van der Waals surface area contributed by atoms with Gasteiger partial charge in [-0.15, -0.1) is 0 Å². The number of pyridine rings is 1. The first-order valence-corrected chi connectivity index (χ1v) is 11.0. The molecule has 1 aromatic carbocycles. The summed E-state index contributed by atoms with van der Waals surface area (Å²) in [5.41, 5.74) is 7.72. The molecule has 0 radical (unpaired) electrons. The molecule has 5 nitrogen and oxygen atoms in total. The first-order valence-electron chi connectivity index (χ1n) is 11.0. The summed E-state index contributed by atoms with van der Waals surface area (Å²) in [6, 6.07) is 17.5. The van der Waals surface area contributed by atoms with Gasteiger partial charge in [0, 0.05) is 31.7 Å². The highest BCUT2D eigenvalue weighted by Crippen LogP contribution is 2.40. The summed E-state index contributed by atoms with van der Waals surface area (Å²) in [4.78, 5) is 22.1. The van der Waals surface area contributed by atoms with Crippen molar-refractivity contribution in [2.75, 3.05) is 25.4 Å². The van der Waals surface area contributed by atoms with Crippen molar-refractivity contribution in [2.24, 2.45) is 11.8 Å². The van der Waals surface area contributed by atoms with E-state index in [1.807, 2.05) is 11.0 Å². The van der Waals surface area contributed by atoms with Crippen LogP contribution in [0.2, 0.25) is 0 Å². The fraction of sp³-hybridized carbons (Fsp3) is 0.500. The fourth-order valence-corrected chi connectivity index (χ4v) is 5.92. The van der Waals surface area contributed by atoms with Crippen LogP contribution in [0.3, 0.4) is 0 Å². The summed E-state index contributed by atoms with van der Waals surface area (Å²) in [5.74, 6) is 1.59. The molecule has 3 aliphatic rings. The molecule has 4 atom stereocenters. The Balaban J connectivity index is 1.31. The fourth-order valence-electron chi connectivity index (χ4n) is 5.92. The van der Waals surface area contributed by atoms with Crippen molar-refractivity contribution in [3.8, 4) is 0 Å². The topological polar surface area (TPSA) is 62.5 Å². The van der Waals surface area contributed by atoms with Crippen LogP contribution in [-0.2, 0) is 6.42 Å². The van der Waals surface area contributed by atoms with Crippen molar-refractivity contribution in [3.05, 3.63) is 59.8 Å². The molecule has 0 unspecified atom stereocenters. The van der Waals surface area contributed by atoms with Gasteiger partial charge in [0.1, 0.15) is 11.5 Å². The number of aromatic nitrogens is 1. The number of hydrogen-bond donors (Lipinski definition) is 1. The number of nitrogens with zero attached hydrogens (tertiary/aromatic N) is 3. The molecule has 3 aliphatic heterocycles. The van der Waals surface area contributed by atoms with Gasteiger partial charge < -0.3 is 10.6 Å². The van der Waals surface area contributed by atoms with E-state index in [1.165, 1.54) is 31.2 Å². The van der Waals surface area contributed by atoms with Gasteiger partial charge in [-0.1, -0.05) is 42.8 Å². The van der Waals surface area contributed by atoms with Crippen molar-refractivity contribution in [3.63, 3.8) is 0 Å². The van der Waals surface area contributed by atoms with E-state index in [4.69, 9.17) is 5.73 Å². The Labute approximate surface area is 172 Å². The second-order valence-electron chi connectivity index (χ2n) is 9.06. The number of nitrogens with two attached hydrogens (primary N) is 1. The molecule has 29 heavy (non-hydrogen) atoms. The smallest absolute Gasteiger partial charge is 0.272 e. The van der Waals surface area contributed by atoms with Crippen LogP contribution < -0.4 is 5.73 Å². The summed E-state index contributed by atoms with van der Waals surface area (Å²) in [7, 11) is 0. The van der Waals surface area contributed by atoms with Crippen LogP contribution in [-0.4, -0.2) is 52.4 Å². The lowest BCUT2D eigenvalue weighted by molar-refractivity contribution is -0.0499. The lowest BCUT2D eigenvalue weighted by atomic mass is 9.74. The number of nitrogen functional groups attached to an aromatic ring is 1. The van der Waals surface area contributed by atoms with Gasteiger partial charge in [-0.3, -0.25) is 9.69 Å². The Morgan fingerprint density at radius 3 is 2.72 bits per heavy atom. The van der Waals surface area contributed by atoms with E-state index in [0.29, 0.717) is 35.4 Å². The highest BCUT2D eigenvalue weighted by molar-refractivity contribution is 5.92. The molecule has 1 aromatic heterocycles. The van der Waals surface area contributed by atoms with E-state index in [9.17, 15) is 4.79 Å². The van der Waals surface area contributed by atoms with Crippen LogP contribution in [0.1, 0.15) is 41.7 Å². The normalized spacial score (nSPS) is 29.3. The maximum Gasteiger partial charge on any atom is 0.272 e. The van der Waals surface area contributed by atoms with Crippen molar-refractivity contribution in [1.29, 1.82) is 0 Å². The number of piperidine rings is 3. The Kier molecular flexibility index (Phi) is 5.00. The minimum Gasteiger partial charge on any atom is -0.384 e. The molecule has 0 spiro atoms. The minimum absolute atomic E-state index is 0.0390. The summed E-state index contributed by atoms with van der Waals surface area (Å²) < 4.78 is 0. The number of carbonyl (C=O) groups excluding carboxylic acids is 1. The minimum atomic E-state index is 0.0390. The molecule has 5 heteroatoms.